The van der Waals surface area contributed by atoms with Crippen molar-refractivity contribution >= 4 is 11.6 Å². The van der Waals surface area contributed by atoms with Crippen LogP contribution in [0.1, 0.15) is 24.8 Å². The van der Waals surface area contributed by atoms with Crippen LogP contribution in [0.25, 0.3) is 0 Å². The van der Waals surface area contributed by atoms with Crippen LogP contribution in [-0.4, -0.2) is 6.54 Å². The fourth-order valence-corrected chi connectivity index (χ4v) is 1.99. The maximum absolute atomic E-state index is 13.1. The molecular formula is C12H15ClFN. The zero-order valence-electron chi connectivity index (χ0n) is 8.60. The maximum Gasteiger partial charge on any atom is 0.142 e. The van der Waals surface area contributed by atoms with E-state index in [0.29, 0.717) is 6.54 Å². The molecule has 3 heteroatoms. The highest BCUT2D eigenvalue weighted by molar-refractivity contribution is 6.31. The molecule has 0 aromatic heterocycles. The first-order chi connectivity index (χ1) is 7.27. The molecular weight excluding hydrogens is 213 g/mol. The van der Waals surface area contributed by atoms with E-state index in [0.717, 1.165) is 18.0 Å². The van der Waals surface area contributed by atoms with E-state index >= 15 is 0 Å². The summed E-state index contributed by atoms with van der Waals surface area (Å²) in [4.78, 5) is 0. The van der Waals surface area contributed by atoms with Gasteiger partial charge < -0.3 is 5.32 Å². The SMILES string of the molecule is Fc1cccc(CNCC2CCC2)c1Cl. The molecule has 0 saturated heterocycles. The summed E-state index contributed by atoms with van der Waals surface area (Å²) in [5.74, 6) is 0.483. The maximum atomic E-state index is 13.1. The minimum absolute atomic E-state index is 0.249. The summed E-state index contributed by atoms with van der Waals surface area (Å²) < 4.78 is 13.1. The summed E-state index contributed by atoms with van der Waals surface area (Å²) >= 11 is 5.84. The number of halogens is 2. The van der Waals surface area contributed by atoms with E-state index in [1.807, 2.05) is 6.07 Å². The zero-order chi connectivity index (χ0) is 10.7. The second-order valence-corrected chi connectivity index (χ2v) is 4.52. The molecule has 15 heavy (non-hydrogen) atoms. The molecule has 1 fully saturated rings. The average molecular weight is 228 g/mol. The van der Waals surface area contributed by atoms with E-state index in [-0.39, 0.29) is 10.8 Å². The predicted octanol–water partition coefficient (Wildman–Crippen LogP) is 3.37. The zero-order valence-corrected chi connectivity index (χ0v) is 9.36. The van der Waals surface area contributed by atoms with Crippen molar-refractivity contribution in [2.75, 3.05) is 6.54 Å². The summed E-state index contributed by atoms with van der Waals surface area (Å²) in [6.07, 6.45) is 4.00. The van der Waals surface area contributed by atoms with Crippen molar-refractivity contribution < 1.29 is 4.39 Å². The minimum Gasteiger partial charge on any atom is -0.312 e. The average Bonchev–Trinajstić information content (AvgIpc) is 2.16. The monoisotopic (exact) mass is 227 g/mol. The molecule has 0 spiro atoms. The van der Waals surface area contributed by atoms with Crippen LogP contribution >= 0.6 is 11.6 Å². The lowest BCUT2D eigenvalue weighted by Crippen LogP contribution is -2.27. The van der Waals surface area contributed by atoms with Crippen LogP contribution in [0.3, 0.4) is 0 Å². The van der Waals surface area contributed by atoms with Crippen LogP contribution in [0.2, 0.25) is 5.02 Å². The molecule has 1 aliphatic rings. The van der Waals surface area contributed by atoms with Crippen molar-refractivity contribution in [3.63, 3.8) is 0 Å². The van der Waals surface area contributed by atoms with Crippen LogP contribution in [0, 0.1) is 11.7 Å². The summed E-state index contributed by atoms with van der Waals surface area (Å²) in [5, 5.41) is 3.57. The van der Waals surface area contributed by atoms with Crippen molar-refractivity contribution in [1.29, 1.82) is 0 Å². The summed E-state index contributed by atoms with van der Waals surface area (Å²) in [6.45, 7) is 1.68. The van der Waals surface area contributed by atoms with Gasteiger partial charge in [0, 0.05) is 6.54 Å². The van der Waals surface area contributed by atoms with Crippen LogP contribution in [0.4, 0.5) is 4.39 Å². The topological polar surface area (TPSA) is 12.0 Å². The number of hydrogen-bond donors (Lipinski definition) is 1. The number of rotatable bonds is 4. The highest BCUT2D eigenvalue weighted by Gasteiger charge is 2.16. The second kappa shape index (κ2) is 4.95. The van der Waals surface area contributed by atoms with Gasteiger partial charge >= 0.3 is 0 Å². The Hall–Kier alpha value is -0.600. The Balaban J connectivity index is 1.84. The van der Waals surface area contributed by atoms with Gasteiger partial charge in [-0.15, -0.1) is 0 Å². The van der Waals surface area contributed by atoms with E-state index in [9.17, 15) is 4.39 Å². The van der Waals surface area contributed by atoms with Crippen molar-refractivity contribution in [2.45, 2.75) is 25.8 Å². The van der Waals surface area contributed by atoms with Crippen LogP contribution in [-0.2, 0) is 6.54 Å². The van der Waals surface area contributed by atoms with Gasteiger partial charge in [-0.3, -0.25) is 0 Å². The van der Waals surface area contributed by atoms with Crippen LogP contribution in [0.5, 0.6) is 0 Å². The van der Waals surface area contributed by atoms with E-state index in [4.69, 9.17) is 11.6 Å². The highest BCUT2D eigenvalue weighted by Crippen LogP contribution is 2.25. The van der Waals surface area contributed by atoms with Gasteiger partial charge in [0.1, 0.15) is 5.82 Å². The van der Waals surface area contributed by atoms with Crippen molar-refractivity contribution in [1.82, 2.24) is 5.32 Å². The first-order valence-corrected chi connectivity index (χ1v) is 5.79. The van der Waals surface area contributed by atoms with Gasteiger partial charge in [-0.1, -0.05) is 30.2 Å². The molecule has 0 amide bonds. The molecule has 0 bridgehead atoms. The summed E-state index contributed by atoms with van der Waals surface area (Å²) in [6, 6.07) is 4.94. The van der Waals surface area contributed by atoms with Gasteiger partial charge in [0.05, 0.1) is 5.02 Å². The van der Waals surface area contributed by atoms with Crippen molar-refractivity contribution in [2.24, 2.45) is 5.92 Å². The molecule has 1 aliphatic carbocycles. The van der Waals surface area contributed by atoms with E-state index in [1.54, 1.807) is 6.07 Å². The Morgan fingerprint density at radius 1 is 1.40 bits per heavy atom. The molecule has 0 radical (unpaired) electrons. The lowest BCUT2D eigenvalue weighted by Gasteiger charge is -2.25. The van der Waals surface area contributed by atoms with Gasteiger partial charge in [-0.25, -0.2) is 4.39 Å². The molecule has 0 atom stereocenters. The molecule has 0 heterocycles. The molecule has 0 aliphatic heterocycles. The van der Waals surface area contributed by atoms with Gasteiger partial charge in [0.2, 0.25) is 0 Å². The van der Waals surface area contributed by atoms with Crippen molar-refractivity contribution in [3.05, 3.63) is 34.6 Å². The molecule has 1 aromatic carbocycles. The van der Waals surface area contributed by atoms with Gasteiger partial charge in [0.25, 0.3) is 0 Å². The Morgan fingerprint density at radius 3 is 2.87 bits per heavy atom. The molecule has 0 unspecified atom stereocenters. The van der Waals surface area contributed by atoms with Gasteiger partial charge in [-0.2, -0.15) is 0 Å². The highest BCUT2D eigenvalue weighted by atomic mass is 35.5. The fourth-order valence-electron chi connectivity index (χ4n) is 1.79. The third kappa shape index (κ3) is 2.70. The van der Waals surface area contributed by atoms with Gasteiger partial charge in [-0.05, 0) is 36.9 Å². The third-order valence-corrected chi connectivity index (χ3v) is 3.43. The Kier molecular flexibility index (Phi) is 3.60. The first kappa shape index (κ1) is 10.9. The largest absolute Gasteiger partial charge is 0.312 e. The smallest absolute Gasteiger partial charge is 0.142 e. The third-order valence-electron chi connectivity index (χ3n) is 3.00. The molecule has 2 rings (SSSR count). The second-order valence-electron chi connectivity index (χ2n) is 4.14. The lowest BCUT2D eigenvalue weighted by atomic mass is 9.85. The number of benzene rings is 1. The first-order valence-electron chi connectivity index (χ1n) is 5.41. The quantitative estimate of drug-likeness (QED) is 0.832. The molecule has 1 aromatic rings. The standard InChI is InChI=1S/C12H15ClFN/c13-12-10(5-2-6-11(12)14)8-15-7-9-3-1-4-9/h2,5-6,9,15H,1,3-4,7-8H2. The fraction of sp³-hybridized carbons (Fsp3) is 0.500. The molecule has 1 saturated carbocycles. The predicted molar refractivity (Wildman–Crippen MR) is 60.5 cm³/mol. The number of hydrogen-bond acceptors (Lipinski definition) is 1. The summed E-state index contributed by atoms with van der Waals surface area (Å²) in [5.41, 5.74) is 0.844. The Morgan fingerprint density at radius 2 is 2.20 bits per heavy atom. The normalized spacial score (nSPS) is 16.4. The Bertz CT molecular complexity index is 336. The van der Waals surface area contributed by atoms with Crippen molar-refractivity contribution in [3.8, 4) is 0 Å². The lowest BCUT2D eigenvalue weighted by molar-refractivity contribution is 0.301. The molecule has 1 nitrogen and oxygen atoms in total. The summed E-state index contributed by atoms with van der Waals surface area (Å²) in [7, 11) is 0. The van der Waals surface area contributed by atoms with Gasteiger partial charge in [0.15, 0.2) is 0 Å². The molecule has 82 valence electrons. The van der Waals surface area contributed by atoms with E-state index < -0.39 is 0 Å². The van der Waals surface area contributed by atoms with E-state index in [2.05, 4.69) is 5.32 Å². The van der Waals surface area contributed by atoms with E-state index in [1.165, 1.54) is 25.3 Å². The minimum atomic E-state index is -0.334. The number of nitrogens with one attached hydrogen (secondary N) is 1. The van der Waals surface area contributed by atoms with Crippen LogP contribution < -0.4 is 5.32 Å². The Labute approximate surface area is 94.6 Å². The van der Waals surface area contributed by atoms with Crippen LogP contribution in [0.15, 0.2) is 18.2 Å². The molecule has 1 N–H and O–H groups in total.